The molecular formula is C16H20FN5O3. The van der Waals surface area contributed by atoms with Crippen molar-refractivity contribution in [1.82, 2.24) is 25.1 Å². The first-order valence-corrected chi connectivity index (χ1v) is 7.76. The van der Waals surface area contributed by atoms with E-state index in [1.165, 1.54) is 28.6 Å². The molecule has 2 rings (SSSR count). The van der Waals surface area contributed by atoms with E-state index >= 15 is 0 Å². The van der Waals surface area contributed by atoms with E-state index in [9.17, 15) is 14.0 Å². The van der Waals surface area contributed by atoms with Gasteiger partial charge in [-0.1, -0.05) is 19.1 Å². The number of likely N-dealkylation sites (N-methyl/N-ethyl adjacent to an activating group) is 1. The van der Waals surface area contributed by atoms with Crippen LogP contribution in [0.2, 0.25) is 0 Å². The zero-order chi connectivity index (χ0) is 18.6. The van der Waals surface area contributed by atoms with Gasteiger partial charge in [0, 0.05) is 20.0 Å². The molecule has 0 aliphatic carbocycles. The summed E-state index contributed by atoms with van der Waals surface area (Å²) >= 11 is 0. The molecule has 0 saturated carbocycles. The standard InChI is InChI=1S/C16H20FN5O3/c1-10(16(24)25)9-21(3)15(23)14(22-11(2)18-19-20-22)8-12-4-6-13(17)7-5-12/h4-7,10,14H,8-9H2,1-3H3,(H,24,25). The SMILES string of the molecule is Cc1nnnn1C(Cc1ccc(F)cc1)C(=O)N(C)CC(C)C(=O)O. The van der Waals surface area contributed by atoms with Crippen LogP contribution in [0.15, 0.2) is 24.3 Å². The Morgan fingerprint density at radius 1 is 1.32 bits per heavy atom. The van der Waals surface area contributed by atoms with Gasteiger partial charge in [0.2, 0.25) is 5.91 Å². The third-order valence-electron chi connectivity index (χ3n) is 3.93. The first-order valence-electron chi connectivity index (χ1n) is 7.76. The number of carbonyl (C=O) groups is 2. The summed E-state index contributed by atoms with van der Waals surface area (Å²) in [6.45, 7) is 3.27. The van der Waals surface area contributed by atoms with E-state index in [2.05, 4.69) is 15.5 Å². The third-order valence-corrected chi connectivity index (χ3v) is 3.93. The highest BCUT2D eigenvalue weighted by atomic mass is 19.1. The Kier molecular flexibility index (Phi) is 5.79. The van der Waals surface area contributed by atoms with Gasteiger partial charge in [0.15, 0.2) is 0 Å². The molecule has 2 aromatic rings. The average molecular weight is 349 g/mol. The monoisotopic (exact) mass is 349 g/mol. The number of carboxylic acids is 1. The Morgan fingerprint density at radius 2 is 1.96 bits per heavy atom. The summed E-state index contributed by atoms with van der Waals surface area (Å²) < 4.78 is 14.5. The number of nitrogens with zero attached hydrogens (tertiary/aromatic N) is 5. The number of aromatic nitrogens is 4. The molecule has 9 heteroatoms. The van der Waals surface area contributed by atoms with E-state index in [0.717, 1.165) is 5.56 Å². The quantitative estimate of drug-likeness (QED) is 0.803. The Bertz CT molecular complexity index is 746. The van der Waals surface area contributed by atoms with Gasteiger partial charge in [0.1, 0.15) is 17.7 Å². The first kappa shape index (κ1) is 18.5. The molecule has 0 spiro atoms. The Morgan fingerprint density at radius 3 is 2.48 bits per heavy atom. The van der Waals surface area contributed by atoms with Crippen molar-refractivity contribution >= 4 is 11.9 Å². The van der Waals surface area contributed by atoms with Crippen LogP contribution < -0.4 is 0 Å². The van der Waals surface area contributed by atoms with Crippen LogP contribution in [0.3, 0.4) is 0 Å². The fourth-order valence-electron chi connectivity index (χ4n) is 2.48. The molecular weight excluding hydrogens is 329 g/mol. The number of hydrogen-bond acceptors (Lipinski definition) is 5. The maximum Gasteiger partial charge on any atom is 0.308 e. The smallest absolute Gasteiger partial charge is 0.308 e. The summed E-state index contributed by atoms with van der Waals surface area (Å²) in [5.41, 5.74) is 0.745. The minimum Gasteiger partial charge on any atom is -0.481 e. The molecule has 1 aromatic carbocycles. The summed E-state index contributed by atoms with van der Waals surface area (Å²) in [5, 5.41) is 20.3. The van der Waals surface area contributed by atoms with Crippen molar-refractivity contribution in [3.05, 3.63) is 41.5 Å². The minimum absolute atomic E-state index is 0.0647. The summed E-state index contributed by atoms with van der Waals surface area (Å²) in [7, 11) is 1.54. The normalized spacial score (nSPS) is 13.3. The van der Waals surface area contributed by atoms with Gasteiger partial charge in [-0.05, 0) is 35.0 Å². The lowest BCUT2D eigenvalue weighted by Gasteiger charge is -2.25. The van der Waals surface area contributed by atoms with Crippen molar-refractivity contribution in [2.45, 2.75) is 26.3 Å². The lowest BCUT2D eigenvalue weighted by atomic mass is 10.0. The molecule has 0 saturated heterocycles. The molecule has 1 amide bonds. The van der Waals surface area contributed by atoms with Crippen LogP contribution in [-0.4, -0.2) is 55.7 Å². The molecule has 0 aliphatic rings. The van der Waals surface area contributed by atoms with Gasteiger partial charge in [0.05, 0.1) is 5.92 Å². The zero-order valence-electron chi connectivity index (χ0n) is 14.3. The van der Waals surface area contributed by atoms with Crippen molar-refractivity contribution in [1.29, 1.82) is 0 Å². The summed E-state index contributed by atoms with van der Waals surface area (Å²) in [6.07, 6.45) is 0.261. The molecule has 1 N–H and O–H groups in total. The second kappa shape index (κ2) is 7.82. The number of benzene rings is 1. The van der Waals surface area contributed by atoms with Gasteiger partial charge in [-0.2, -0.15) is 0 Å². The van der Waals surface area contributed by atoms with Crippen molar-refractivity contribution in [2.75, 3.05) is 13.6 Å². The highest BCUT2D eigenvalue weighted by molar-refractivity contribution is 5.81. The van der Waals surface area contributed by atoms with E-state index < -0.39 is 17.9 Å². The van der Waals surface area contributed by atoms with Gasteiger partial charge in [-0.25, -0.2) is 9.07 Å². The molecule has 0 radical (unpaired) electrons. The molecule has 1 aromatic heterocycles. The van der Waals surface area contributed by atoms with Crippen LogP contribution in [0.5, 0.6) is 0 Å². The number of carboxylic acid groups (broad SMARTS) is 1. The lowest BCUT2D eigenvalue weighted by Crippen LogP contribution is -2.40. The highest BCUT2D eigenvalue weighted by Crippen LogP contribution is 2.18. The predicted octanol–water partition coefficient (Wildman–Crippen LogP) is 1.08. The highest BCUT2D eigenvalue weighted by Gasteiger charge is 2.28. The molecule has 0 aliphatic heterocycles. The lowest BCUT2D eigenvalue weighted by molar-refractivity contribution is -0.143. The van der Waals surface area contributed by atoms with E-state index in [-0.39, 0.29) is 24.7 Å². The van der Waals surface area contributed by atoms with Crippen LogP contribution in [0.1, 0.15) is 24.4 Å². The maximum absolute atomic E-state index is 13.1. The van der Waals surface area contributed by atoms with E-state index in [1.54, 1.807) is 26.1 Å². The number of halogens is 1. The van der Waals surface area contributed by atoms with Crippen LogP contribution in [0.4, 0.5) is 4.39 Å². The number of rotatable bonds is 7. The fourth-order valence-corrected chi connectivity index (χ4v) is 2.48. The maximum atomic E-state index is 13.1. The predicted molar refractivity (Wildman–Crippen MR) is 86.1 cm³/mol. The number of tetrazole rings is 1. The van der Waals surface area contributed by atoms with E-state index in [4.69, 9.17) is 5.11 Å². The van der Waals surface area contributed by atoms with Gasteiger partial charge >= 0.3 is 5.97 Å². The number of amides is 1. The zero-order valence-corrected chi connectivity index (χ0v) is 14.3. The fraction of sp³-hybridized carbons (Fsp3) is 0.438. The molecule has 134 valence electrons. The number of carbonyl (C=O) groups excluding carboxylic acids is 1. The second-order valence-electron chi connectivity index (χ2n) is 5.98. The number of aliphatic carboxylic acids is 1. The molecule has 0 fully saturated rings. The van der Waals surface area contributed by atoms with Gasteiger partial charge in [-0.3, -0.25) is 9.59 Å². The van der Waals surface area contributed by atoms with Crippen LogP contribution >= 0.6 is 0 Å². The molecule has 25 heavy (non-hydrogen) atoms. The largest absolute Gasteiger partial charge is 0.481 e. The van der Waals surface area contributed by atoms with Crippen molar-refractivity contribution in [3.63, 3.8) is 0 Å². The number of aryl methyl sites for hydroxylation is 1. The van der Waals surface area contributed by atoms with Crippen molar-refractivity contribution in [3.8, 4) is 0 Å². The van der Waals surface area contributed by atoms with E-state index in [0.29, 0.717) is 5.82 Å². The van der Waals surface area contributed by atoms with Gasteiger partial charge in [0.25, 0.3) is 0 Å². The summed E-state index contributed by atoms with van der Waals surface area (Å²) in [4.78, 5) is 25.2. The molecule has 2 atom stereocenters. The Labute approximate surface area is 144 Å². The van der Waals surface area contributed by atoms with Gasteiger partial charge < -0.3 is 10.0 Å². The van der Waals surface area contributed by atoms with Crippen molar-refractivity contribution in [2.24, 2.45) is 5.92 Å². The molecule has 0 bridgehead atoms. The molecule has 1 heterocycles. The van der Waals surface area contributed by atoms with Crippen LogP contribution in [0.25, 0.3) is 0 Å². The van der Waals surface area contributed by atoms with Crippen molar-refractivity contribution < 1.29 is 19.1 Å². The molecule has 8 nitrogen and oxygen atoms in total. The van der Waals surface area contributed by atoms with E-state index in [1.807, 2.05) is 0 Å². The topological polar surface area (TPSA) is 101 Å². The average Bonchev–Trinajstić information content (AvgIpc) is 2.99. The molecule has 2 unspecified atom stereocenters. The second-order valence-corrected chi connectivity index (χ2v) is 5.98. The Hall–Kier alpha value is -2.84. The summed E-state index contributed by atoms with van der Waals surface area (Å²) in [5.74, 6) is -1.89. The van der Waals surface area contributed by atoms with Gasteiger partial charge in [-0.15, -0.1) is 5.10 Å². The van der Waals surface area contributed by atoms with Crippen LogP contribution in [-0.2, 0) is 16.0 Å². The number of hydrogen-bond donors (Lipinski definition) is 1. The minimum atomic E-state index is -0.978. The Balaban J connectivity index is 2.25. The summed E-state index contributed by atoms with van der Waals surface area (Å²) in [6, 6.07) is 5.08. The first-order chi connectivity index (χ1) is 11.8. The third kappa shape index (κ3) is 4.59. The van der Waals surface area contributed by atoms with Crippen LogP contribution in [0, 0.1) is 18.7 Å².